The molecule has 1 aromatic carbocycles. The molecule has 2 aromatic rings. The lowest BCUT2D eigenvalue weighted by atomic mass is 10.2. The predicted octanol–water partition coefficient (Wildman–Crippen LogP) is 3.08. The third-order valence-electron chi connectivity index (χ3n) is 2.78. The van der Waals surface area contributed by atoms with Crippen LogP contribution in [0.5, 0.6) is 5.75 Å². The van der Waals surface area contributed by atoms with Crippen LogP contribution in [-0.2, 0) is 13.2 Å². The second kappa shape index (κ2) is 6.23. The van der Waals surface area contributed by atoms with Crippen LogP contribution in [0.15, 0.2) is 53.5 Å². The fraction of sp³-hybridized carbons (Fsp3) is 0.312. The highest BCUT2D eigenvalue weighted by Crippen LogP contribution is 2.10. The van der Waals surface area contributed by atoms with E-state index < -0.39 is 0 Å². The van der Waals surface area contributed by atoms with Gasteiger partial charge >= 0.3 is 0 Å². The minimum absolute atomic E-state index is 0.0146. The SMILES string of the molecule is CC(C)Cn1ccc(OCc2ccccc2)cc1=O. The second-order valence-corrected chi connectivity index (χ2v) is 5.02. The summed E-state index contributed by atoms with van der Waals surface area (Å²) in [4.78, 5) is 11.9. The monoisotopic (exact) mass is 257 g/mol. The van der Waals surface area contributed by atoms with E-state index in [1.54, 1.807) is 16.8 Å². The summed E-state index contributed by atoms with van der Waals surface area (Å²) < 4.78 is 7.33. The van der Waals surface area contributed by atoms with Gasteiger partial charge in [0.15, 0.2) is 0 Å². The summed E-state index contributed by atoms with van der Waals surface area (Å²) in [5, 5.41) is 0. The lowest BCUT2D eigenvalue weighted by Gasteiger charge is -2.10. The van der Waals surface area contributed by atoms with Crippen molar-refractivity contribution in [3.63, 3.8) is 0 Å². The van der Waals surface area contributed by atoms with Crippen molar-refractivity contribution in [3.05, 3.63) is 64.6 Å². The van der Waals surface area contributed by atoms with Gasteiger partial charge in [0, 0.05) is 18.8 Å². The average molecular weight is 257 g/mol. The molecule has 0 amide bonds. The fourth-order valence-corrected chi connectivity index (χ4v) is 1.86. The molecular weight excluding hydrogens is 238 g/mol. The number of pyridine rings is 1. The van der Waals surface area contributed by atoms with Gasteiger partial charge in [0.1, 0.15) is 12.4 Å². The summed E-state index contributed by atoms with van der Waals surface area (Å²) >= 11 is 0. The van der Waals surface area contributed by atoms with Gasteiger partial charge in [0.05, 0.1) is 0 Å². The van der Waals surface area contributed by atoms with E-state index in [4.69, 9.17) is 4.74 Å². The molecule has 0 bridgehead atoms. The van der Waals surface area contributed by atoms with E-state index >= 15 is 0 Å². The van der Waals surface area contributed by atoms with E-state index in [0.29, 0.717) is 18.3 Å². The van der Waals surface area contributed by atoms with Crippen LogP contribution in [0.25, 0.3) is 0 Å². The zero-order valence-electron chi connectivity index (χ0n) is 11.4. The molecule has 19 heavy (non-hydrogen) atoms. The third-order valence-corrected chi connectivity index (χ3v) is 2.78. The first-order valence-corrected chi connectivity index (χ1v) is 6.52. The summed E-state index contributed by atoms with van der Waals surface area (Å²) in [5.41, 5.74) is 1.08. The molecular formula is C16H19NO2. The second-order valence-electron chi connectivity index (χ2n) is 5.02. The number of aromatic nitrogens is 1. The number of benzene rings is 1. The van der Waals surface area contributed by atoms with E-state index in [0.717, 1.165) is 12.1 Å². The summed E-state index contributed by atoms with van der Waals surface area (Å²) in [6.45, 7) is 5.39. The van der Waals surface area contributed by atoms with E-state index in [-0.39, 0.29) is 5.56 Å². The molecule has 0 unspecified atom stereocenters. The lowest BCUT2D eigenvalue weighted by molar-refractivity contribution is 0.304. The Morgan fingerprint density at radius 3 is 2.53 bits per heavy atom. The smallest absolute Gasteiger partial charge is 0.254 e. The van der Waals surface area contributed by atoms with Gasteiger partial charge in [-0.15, -0.1) is 0 Å². The van der Waals surface area contributed by atoms with Crippen LogP contribution in [0.2, 0.25) is 0 Å². The standard InChI is InChI=1S/C16H19NO2/c1-13(2)11-17-9-8-15(10-16(17)18)19-12-14-6-4-3-5-7-14/h3-10,13H,11-12H2,1-2H3. The van der Waals surface area contributed by atoms with Gasteiger partial charge in [-0.05, 0) is 17.5 Å². The molecule has 3 heteroatoms. The van der Waals surface area contributed by atoms with Crippen molar-refractivity contribution in [3.8, 4) is 5.75 Å². The van der Waals surface area contributed by atoms with Gasteiger partial charge < -0.3 is 9.30 Å². The van der Waals surface area contributed by atoms with Gasteiger partial charge in [-0.3, -0.25) is 4.79 Å². The number of hydrogen-bond donors (Lipinski definition) is 0. The first kappa shape index (κ1) is 13.4. The van der Waals surface area contributed by atoms with E-state index in [9.17, 15) is 4.79 Å². The normalized spacial score (nSPS) is 10.7. The Morgan fingerprint density at radius 1 is 1.16 bits per heavy atom. The maximum Gasteiger partial charge on any atom is 0.254 e. The van der Waals surface area contributed by atoms with Crippen LogP contribution < -0.4 is 10.3 Å². The maximum absolute atomic E-state index is 11.9. The van der Waals surface area contributed by atoms with Crippen molar-refractivity contribution in [2.75, 3.05) is 0 Å². The highest BCUT2D eigenvalue weighted by atomic mass is 16.5. The summed E-state index contributed by atoms with van der Waals surface area (Å²) in [7, 11) is 0. The zero-order valence-corrected chi connectivity index (χ0v) is 11.4. The molecule has 0 N–H and O–H groups in total. The van der Waals surface area contributed by atoms with Crippen molar-refractivity contribution < 1.29 is 4.74 Å². The van der Waals surface area contributed by atoms with Crippen molar-refractivity contribution in [2.45, 2.75) is 27.0 Å². The Bertz CT molecular complexity index is 573. The van der Waals surface area contributed by atoms with Crippen molar-refractivity contribution in [1.82, 2.24) is 4.57 Å². The first-order valence-electron chi connectivity index (χ1n) is 6.52. The highest BCUT2D eigenvalue weighted by Gasteiger charge is 2.02. The highest BCUT2D eigenvalue weighted by molar-refractivity contribution is 5.20. The molecule has 1 heterocycles. The minimum Gasteiger partial charge on any atom is -0.489 e. The van der Waals surface area contributed by atoms with Crippen LogP contribution in [0.4, 0.5) is 0 Å². The van der Waals surface area contributed by atoms with E-state index in [1.807, 2.05) is 36.4 Å². The zero-order chi connectivity index (χ0) is 13.7. The van der Waals surface area contributed by atoms with Gasteiger partial charge in [-0.2, -0.15) is 0 Å². The molecule has 0 saturated heterocycles. The summed E-state index contributed by atoms with van der Waals surface area (Å²) in [6.07, 6.45) is 1.79. The van der Waals surface area contributed by atoms with Gasteiger partial charge in [0.25, 0.3) is 5.56 Å². The molecule has 0 aliphatic carbocycles. The minimum atomic E-state index is -0.0146. The van der Waals surface area contributed by atoms with Crippen LogP contribution >= 0.6 is 0 Å². The Labute approximate surface area is 113 Å². The van der Waals surface area contributed by atoms with Crippen LogP contribution in [-0.4, -0.2) is 4.57 Å². The number of nitrogens with zero attached hydrogens (tertiary/aromatic N) is 1. The number of rotatable bonds is 5. The van der Waals surface area contributed by atoms with E-state index in [1.165, 1.54) is 0 Å². The summed E-state index contributed by atoms with van der Waals surface area (Å²) in [5.74, 6) is 1.07. The predicted molar refractivity (Wildman–Crippen MR) is 76.3 cm³/mol. The molecule has 0 spiro atoms. The molecule has 0 aliphatic heterocycles. The number of hydrogen-bond acceptors (Lipinski definition) is 2. The lowest BCUT2D eigenvalue weighted by Crippen LogP contribution is -2.21. The van der Waals surface area contributed by atoms with Crippen molar-refractivity contribution in [1.29, 1.82) is 0 Å². The molecule has 0 saturated carbocycles. The quantitative estimate of drug-likeness (QED) is 0.824. The molecule has 3 nitrogen and oxygen atoms in total. The Balaban J connectivity index is 2.02. The van der Waals surface area contributed by atoms with Gasteiger partial charge in [-0.25, -0.2) is 0 Å². The Kier molecular flexibility index (Phi) is 4.39. The van der Waals surface area contributed by atoms with E-state index in [2.05, 4.69) is 13.8 Å². The van der Waals surface area contributed by atoms with Crippen LogP contribution in [0.1, 0.15) is 19.4 Å². The average Bonchev–Trinajstić information content (AvgIpc) is 2.40. The van der Waals surface area contributed by atoms with Gasteiger partial charge in [0.2, 0.25) is 0 Å². The molecule has 0 aliphatic rings. The Morgan fingerprint density at radius 2 is 1.89 bits per heavy atom. The van der Waals surface area contributed by atoms with Crippen LogP contribution in [0, 0.1) is 5.92 Å². The molecule has 0 fully saturated rings. The largest absolute Gasteiger partial charge is 0.489 e. The molecule has 100 valence electrons. The molecule has 2 rings (SSSR count). The number of ether oxygens (including phenoxy) is 1. The molecule has 0 radical (unpaired) electrons. The first-order chi connectivity index (χ1) is 9.15. The maximum atomic E-state index is 11.9. The molecule has 0 atom stereocenters. The van der Waals surface area contributed by atoms with Crippen molar-refractivity contribution >= 4 is 0 Å². The third kappa shape index (κ3) is 3.98. The summed E-state index contributed by atoms with van der Waals surface area (Å²) in [6, 6.07) is 13.3. The topological polar surface area (TPSA) is 31.2 Å². The van der Waals surface area contributed by atoms with Crippen LogP contribution in [0.3, 0.4) is 0 Å². The molecule has 1 aromatic heterocycles. The fourth-order valence-electron chi connectivity index (χ4n) is 1.86. The Hall–Kier alpha value is -2.03. The van der Waals surface area contributed by atoms with Gasteiger partial charge in [-0.1, -0.05) is 44.2 Å². The van der Waals surface area contributed by atoms with Crippen molar-refractivity contribution in [2.24, 2.45) is 5.92 Å².